The fourth-order valence-electron chi connectivity index (χ4n) is 2.53. The highest BCUT2D eigenvalue weighted by Gasteiger charge is 2.34. The molecular weight excluding hydrogens is 284 g/mol. The van der Waals surface area contributed by atoms with Crippen molar-refractivity contribution in [2.45, 2.75) is 12.8 Å². The molecule has 0 heterocycles. The Labute approximate surface area is 128 Å². The van der Waals surface area contributed by atoms with Gasteiger partial charge in [-0.15, -0.1) is 0 Å². The van der Waals surface area contributed by atoms with Crippen molar-refractivity contribution in [2.75, 3.05) is 12.4 Å². The van der Waals surface area contributed by atoms with E-state index in [0.29, 0.717) is 24.1 Å². The summed E-state index contributed by atoms with van der Waals surface area (Å²) in [6, 6.07) is 6.63. The molecule has 2 atom stereocenters. The molecule has 2 amide bonds. The second-order valence-electron chi connectivity index (χ2n) is 5.11. The van der Waals surface area contributed by atoms with Gasteiger partial charge in [0.15, 0.2) is 0 Å². The summed E-state index contributed by atoms with van der Waals surface area (Å²) in [6.45, 7) is 0. The zero-order chi connectivity index (χ0) is 16.1. The molecule has 0 bridgehead atoms. The van der Waals surface area contributed by atoms with Crippen LogP contribution in [0.25, 0.3) is 0 Å². The van der Waals surface area contributed by atoms with Gasteiger partial charge in [0, 0.05) is 7.05 Å². The van der Waals surface area contributed by atoms with Crippen molar-refractivity contribution < 1.29 is 19.5 Å². The minimum atomic E-state index is -0.982. The molecule has 0 aromatic heterocycles. The predicted octanol–water partition coefficient (Wildman–Crippen LogP) is 1.65. The fourth-order valence-corrected chi connectivity index (χ4v) is 2.53. The van der Waals surface area contributed by atoms with E-state index in [4.69, 9.17) is 0 Å². The average molecular weight is 302 g/mol. The Morgan fingerprint density at radius 2 is 1.73 bits per heavy atom. The SMILES string of the molecule is CNC(=O)c1ccccc1NC(=O)[C@@H]1CC=CC[C@H]1C(=O)O. The Kier molecular flexibility index (Phi) is 4.93. The van der Waals surface area contributed by atoms with Crippen molar-refractivity contribution in [2.24, 2.45) is 11.8 Å². The standard InChI is InChI=1S/C16H18N2O4/c1-17-14(19)12-8-4-5-9-13(12)18-15(20)10-6-2-3-7-11(10)16(21)22/h2-5,8-11H,6-7H2,1H3,(H,17,19)(H,18,20)(H,21,22)/t10-,11-/m1/s1. The summed E-state index contributed by atoms with van der Waals surface area (Å²) in [5.41, 5.74) is 0.724. The second-order valence-corrected chi connectivity index (χ2v) is 5.11. The summed E-state index contributed by atoms with van der Waals surface area (Å²) in [5.74, 6) is -3.05. The highest BCUT2D eigenvalue weighted by molar-refractivity contribution is 6.04. The second kappa shape index (κ2) is 6.89. The van der Waals surface area contributed by atoms with Crippen LogP contribution in [0, 0.1) is 11.8 Å². The van der Waals surface area contributed by atoms with Gasteiger partial charge < -0.3 is 15.7 Å². The largest absolute Gasteiger partial charge is 0.481 e. The first kappa shape index (κ1) is 15.8. The number of amides is 2. The lowest BCUT2D eigenvalue weighted by atomic mass is 9.82. The van der Waals surface area contributed by atoms with Crippen LogP contribution in [0.2, 0.25) is 0 Å². The number of carbonyl (C=O) groups is 3. The van der Waals surface area contributed by atoms with Gasteiger partial charge in [0.25, 0.3) is 5.91 Å². The quantitative estimate of drug-likeness (QED) is 0.737. The van der Waals surface area contributed by atoms with Gasteiger partial charge in [-0.1, -0.05) is 24.3 Å². The minimum absolute atomic E-state index is 0.311. The first-order valence-corrected chi connectivity index (χ1v) is 7.04. The third kappa shape index (κ3) is 3.33. The number of para-hydroxylation sites is 1. The van der Waals surface area contributed by atoms with Gasteiger partial charge in [-0.25, -0.2) is 0 Å². The Balaban J connectivity index is 2.20. The number of carboxylic acids is 1. The number of carbonyl (C=O) groups excluding carboxylic acids is 2. The van der Waals surface area contributed by atoms with Crippen molar-refractivity contribution in [3.05, 3.63) is 42.0 Å². The molecule has 0 saturated carbocycles. The smallest absolute Gasteiger partial charge is 0.307 e. The highest BCUT2D eigenvalue weighted by Crippen LogP contribution is 2.27. The molecule has 0 saturated heterocycles. The van der Waals surface area contributed by atoms with E-state index in [-0.39, 0.29) is 11.8 Å². The van der Waals surface area contributed by atoms with E-state index in [0.717, 1.165) is 0 Å². The summed E-state index contributed by atoms with van der Waals surface area (Å²) >= 11 is 0. The van der Waals surface area contributed by atoms with Crippen molar-refractivity contribution in [1.29, 1.82) is 0 Å². The number of allylic oxidation sites excluding steroid dienone is 2. The third-order valence-corrected chi connectivity index (χ3v) is 3.74. The Hall–Kier alpha value is -2.63. The minimum Gasteiger partial charge on any atom is -0.481 e. The van der Waals surface area contributed by atoms with Gasteiger partial charge in [-0.05, 0) is 25.0 Å². The number of hydrogen-bond donors (Lipinski definition) is 3. The molecule has 116 valence electrons. The molecule has 0 radical (unpaired) electrons. The van der Waals surface area contributed by atoms with Gasteiger partial charge >= 0.3 is 5.97 Å². The maximum Gasteiger partial charge on any atom is 0.307 e. The van der Waals surface area contributed by atoms with Crippen LogP contribution in [-0.4, -0.2) is 29.9 Å². The molecule has 3 N–H and O–H groups in total. The van der Waals surface area contributed by atoms with Gasteiger partial charge in [0.05, 0.1) is 23.1 Å². The Morgan fingerprint density at radius 3 is 2.36 bits per heavy atom. The lowest BCUT2D eigenvalue weighted by molar-refractivity contribution is -0.146. The van der Waals surface area contributed by atoms with Crippen LogP contribution in [0.3, 0.4) is 0 Å². The van der Waals surface area contributed by atoms with Gasteiger partial charge in [-0.2, -0.15) is 0 Å². The Morgan fingerprint density at radius 1 is 1.09 bits per heavy atom. The monoisotopic (exact) mass is 302 g/mol. The number of benzene rings is 1. The first-order chi connectivity index (χ1) is 10.5. The maximum atomic E-state index is 12.4. The van der Waals surface area contributed by atoms with Crippen molar-refractivity contribution in [1.82, 2.24) is 5.32 Å². The predicted molar refractivity (Wildman–Crippen MR) is 81.5 cm³/mol. The number of aliphatic carboxylic acids is 1. The Bertz CT molecular complexity index is 624. The molecule has 1 aliphatic carbocycles. The van der Waals surface area contributed by atoms with Gasteiger partial charge in [0.1, 0.15) is 0 Å². The van der Waals surface area contributed by atoms with Crippen LogP contribution in [0.4, 0.5) is 5.69 Å². The number of carboxylic acid groups (broad SMARTS) is 1. The molecule has 6 heteroatoms. The van der Waals surface area contributed by atoms with E-state index in [1.807, 2.05) is 6.08 Å². The van der Waals surface area contributed by atoms with Gasteiger partial charge in [-0.3, -0.25) is 14.4 Å². The highest BCUT2D eigenvalue weighted by atomic mass is 16.4. The summed E-state index contributed by atoms with van der Waals surface area (Å²) < 4.78 is 0. The van der Waals surface area contributed by atoms with Crippen molar-refractivity contribution >= 4 is 23.5 Å². The van der Waals surface area contributed by atoms with E-state index in [1.54, 1.807) is 30.3 Å². The summed E-state index contributed by atoms with van der Waals surface area (Å²) in [7, 11) is 1.51. The van der Waals surface area contributed by atoms with Crippen LogP contribution in [0.15, 0.2) is 36.4 Å². The molecule has 22 heavy (non-hydrogen) atoms. The number of nitrogens with one attached hydrogen (secondary N) is 2. The van der Waals surface area contributed by atoms with Crippen LogP contribution in [0.5, 0.6) is 0 Å². The zero-order valence-corrected chi connectivity index (χ0v) is 12.2. The van der Waals surface area contributed by atoms with Gasteiger partial charge in [0.2, 0.25) is 5.91 Å². The number of rotatable bonds is 4. The van der Waals surface area contributed by atoms with Crippen LogP contribution in [-0.2, 0) is 9.59 Å². The van der Waals surface area contributed by atoms with E-state index in [9.17, 15) is 19.5 Å². The molecule has 0 spiro atoms. The normalized spacial score (nSPS) is 20.2. The molecule has 1 aromatic rings. The molecule has 1 aliphatic rings. The van der Waals surface area contributed by atoms with Crippen LogP contribution in [0.1, 0.15) is 23.2 Å². The lowest BCUT2D eigenvalue weighted by Crippen LogP contribution is -2.35. The lowest BCUT2D eigenvalue weighted by Gasteiger charge is -2.24. The average Bonchev–Trinajstić information content (AvgIpc) is 2.54. The number of hydrogen-bond acceptors (Lipinski definition) is 3. The molecule has 1 aromatic carbocycles. The molecular formula is C16H18N2O4. The molecule has 0 unspecified atom stereocenters. The maximum absolute atomic E-state index is 12.4. The third-order valence-electron chi connectivity index (χ3n) is 3.74. The summed E-state index contributed by atoms with van der Waals surface area (Å²) in [4.78, 5) is 35.5. The molecule has 6 nitrogen and oxygen atoms in total. The molecule has 0 aliphatic heterocycles. The van der Waals surface area contributed by atoms with E-state index < -0.39 is 17.8 Å². The van der Waals surface area contributed by atoms with E-state index in [2.05, 4.69) is 10.6 Å². The van der Waals surface area contributed by atoms with E-state index in [1.165, 1.54) is 7.05 Å². The first-order valence-electron chi connectivity index (χ1n) is 7.04. The van der Waals surface area contributed by atoms with Crippen molar-refractivity contribution in [3.63, 3.8) is 0 Å². The van der Waals surface area contributed by atoms with E-state index >= 15 is 0 Å². The zero-order valence-electron chi connectivity index (χ0n) is 12.2. The summed E-state index contributed by atoms with van der Waals surface area (Å²) in [5, 5.41) is 14.4. The van der Waals surface area contributed by atoms with Crippen LogP contribution < -0.4 is 10.6 Å². The molecule has 2 rings (SSSR count). The summed E-state index contributed by atoms with van der Waals surface area (Å²) in [6.07, 6.45) is 4.31. The topological polar surface area (TPSA) is 95.5 Å². The van der Waals surface area contributed by atoms with Crippen LogP contribution >= 0.6 is 0 Å². The fraction of sp³-hybridized carbons (Fsp3) is 0.312. The number of anilines is 1. The van der Waals surface area contributed by atoms with Crippen molar-refractivity contribution in [3.8, 4) is 0 Å². The molecule has 0 fully saturated rings.